The summed E-state index contributed by atoms with van der Waals surface area (Å²) >= 11 is 0. The standard InChI is InChI=1S/C13H20FNO/c1-13(2,9-15-3)8-10-5-6-12(16-4)11(14)7-10/h5-7,15H,8-9H2,1-4H3. The largest absolute Gasteiger partial charge is 0.494 e. The Kier molecular flexibility index (Phi) is 4.30. The SMILES string of the molecule is CNCC(C)(C)Cc1ccc(OC)c(F)c1. The van der Waals surface area contributed by atoms with Crippen LogP contribution >= 0.6 is 0 Å². The molecule has 0 heterocycles. The fourth-order valence-electron chi connectivity index (χ4n) is 1.91. The second kappa shape index (κ2) is 5.30. The second-order valence-corrected chi connectivity index (χ2v) is 4.84. The first-order valence-electron chi connectivity index (χ1n) is 5.45. The van der Waals surface area contributed by atoms with E-state index in [9.17, 15) is 4.39 Å². The third-order valence-corrected chi connectivity index (χ3v) is 2.55. The fraction of sp³-hybridized carbons (Fsp3) is 0.538. The molecule has 0 aliphatic carbocycles. The molecular weight excluding hydrogens is 205 g/mol. The Morgan fingerprint density at radius 2 is 2.06 bits per heavy atom. The number of nitrogens with one attached hydrogen (secondary N) is 1. The van der Waals surface area contributed by atoms with E-state index in [2.05, 4.69) is 19.2 Å². The topological polar surface area (TPSA) is 21.3 Å². The van der Waals surface area contributed by atoms with Crippen molar-refractivity contribution in [2.45, 2.75) is 20.3 Å². The fourth-order valence-corrected chi connectivity index (χ4v) is 1.91. The lowest BCUT2D eigenvalue weighted by atomic mass is 9.85. The molecule has 1 N–H and O–H groups in total. The normalized spacial score (nSPS) is 11.6. The van der Waals surface area contributed by atoms with E-state index in [1.807, 2.05) is 13.1 Å². The maximum atomic E-state index is 13.5. The first-order valence-corrected chi connectivity index (χ1v) is 5.45. The van der Waals surface area contributed by atoms with Gasteiger partial charge in [0.15, 0.2) is 11.6 Å². The van der Waals surface area contributed by atoms with Gasteiger partial charge in [0.25, 0.3) is 0 Å². The highest BCUT2D eigenvalue weighted by atomic mass is 19.1. The molecule has 0 radical (unpaired) electrons. The lowest BCUT2D eigenvalue weighted by Gasteiger charge is -2.24. The molecule has 1 rings (SSSR count). The van der Waals surface area contributed by atoms with Crippen LogP contribution in [0.5, 0.6) is 5.75 Å². The van der Waals surface area contributed by atoms with E-state index in [0.717, 1.165) is 18.5 Å². The van der Waals surface area contributed by atoms with Gasteiger partial charge in [0.1, 0.15) is 0 Å². The smallest absolute Gasteiger partial charge is 0.165 e. The van der Waals surface area contributed by atoms with Crippen molar-refractivity contribution in [3.8, 4) is 5.75 Å². The molecule has 0 aliphatic rings. The molecule has 1 aromatic rings. The zero-order valence-electron chi connectivity index (χ0n) is 10.4. The van der Waals surface area contributed by atoms with Crippen LogP contribution in [0.15, 0.2) is 18.2 Å². The summed E-state index contributed by atoms with van der Waals surface area (Å²) in [6.07, 6.45) is 0.842. The van der Waals surface area contributed by atoms with Crippen molar-refractivity contribution in [3.05, 3.63) is 29.6 Å². The zero-order chi connectivity index (χ0) is 12.2. The van der Waals surface area contributed by atoms with Gasteiger partial charge < -0.3 is 10.1 Å². The van der Waals surface area contributed by atoms with Gasteiger partial charge in [0, 0.05) is 6.54 Å². The number of methoxy groups -OCH3 is 1. The molecule has 0 unspecified atom stereocenters. The van der Waals surface area contributed by atoms with Gasteiger partial charge in [0.05, 0.1) is 7.11 Å². The van der Waals surface area contributed by atoms with Crippen LogP contribution in [0, 0.1) is 11.2 Å². The van der Waals surface area contributed by atoms with Crippen LogP contribution in [0.2, 0.25) is 0 Å². The lowest BCUT2D eigenvalue weighted by molar-refractivity contribution is 0.348. The molecule has 3 heteroatoms. The number of hydrogen-bond donors (Lipinski definition) is 1. The Morgan fingerprint density at radius 3 is 2.56 bits per heavy atom. The maximum Gasteiger partial charge on any atom is 0.165 e. The molecule has 0 fully saturated rings. The van der Waals surface area contributed by atoms with E-state index in [0.29, 0.717) is 5.75 Å². The Labute approximate surface area is 96.8 Å². The van der Waals surface area contributed by atoms with E-state index in [-0.39, 0.29) is 11.2 Å². The minimum Gasteiger partial charge on any atom is -0.494 e. The van der Waals surface area contributed by atoms with Crippen molar-refractivity contribution >= 4 is 0 Å². The van der Waals surface area contributed by atoms with Gasteiger partial charge in [-0.15, -0.1) is 0 Å². The summed E-state index contributed by atoms with van der Waals surface area (Å²) in [5.74, 6) is 0.00966. The number of rotatable bonds is 5. The van der Waals surface area contributed by atoms with Crippen molar-refractivity contribution in [1.29, 1.82) is 0 Å². The van der Waals surface area contributed by atoms with Crippen LogP contribution in [0.25, 0.3) is 0 Å². The van der Waals surface area contributed by atoms with Crippen molar-refractivity contribution in [1.82, 2.24) is 5.32 Å². The van der Waals surface area contributed by atoms with Crippen LogP contribution in [-0.4, -0.2) is 20.7 Å². The summed E-state index contributed by atoms with van der Waals surface area (Å²) < 4.78 is 18.4. The minimum absolute atomic E-state index is 0.121. The quantitative estimate of drug-likeness (QED) is 0.831. The summed E-state index contributed by atoms with van der Waals surface area (Å²) in [4.78, 5) is 0. The van der Waals surface area contributed by atoms with Gasteiger partial charge in [-0.25, -0.2) is 4.39 Å². The van der Waals surface area contributed by atoms with Gasteiger partial charge in [-0.1, -0.05) is 19.9 Å². The van der Waals surface area contributed by atoms with Crippen LogP contribution in [0.3, 0.4) is 0 Å². The highest BCUT2D eigenvalue weighted by molar-refractivity contribution is 5.29. The third-order valence-electron chi connectivity index (χ3n) is 2.55. The highest BCUT2D eigenvalue weighted by Crippen LogP contribution is 2.24. The molecular formula is C13H20FNO. The van der Waals surface area contributed by atoms with Gasteiger partial charge >= 0.3 is 0 Å². The molecule has 0 atom stereocenters. The first-order chi connectivity index (χ1) is 7.48. The van der Waals surface area contributed by atoms with Gasteiger partial charge in [0.2, 0.25) is 0 Å². The van der Waals surface area contributed by atoms with E-state index in [4.69, 9.17) is 4.74 Å². The van der Waals surface area contributed by atoms with Crippen LogP contribution in [-0.2, 0) is 6.42 Å². The minimum atomic E-state index is -0.291. The molecule has 0 aliphatic heterocycles. The molecule has 0 saturated carbocycles. The molecule has 0 amide bonds. The number of hydrogen-bond acceptors (Lipinski definition) is 2. The monoisotopic (exact) mass is 225 g/mol. The molecule has 0 aromatic heterocycles. The summed E-state index contributed by atoms with van der Waals surface area (Å²) in [5.41, 5.74) is 1.12. The Morgan fingerprint density at radius 1 is 1.38 bits per heavy atom. The van der Waals surface area contributed by atoms with Crippen LogP contribution in [0.4, 0.5) is 4.39 Å². The average Bonchev–Trinajstić information content (AvgIpc) is 2.17. The van der Waals surface area contributed by atoms with Gasteiger partial charge in [-0.05, 0) is 36.6 Å². The van der Waals surface area contributed by atoms with Crippen molar-refractivity contribution in [2.75, 3.05) is 20.7 Å². The second-order valence-electron chi connectivity index (χ2n) is 4.84. The molecule has 1 aromatic carbocycles. The maximum absolute atomic E-state index is 13.5. The third kappa shape index (κ3) is 3.49. The van der Waals surface area contributed by atoms with E-state index in [1.165, 1.54) is 7.11 Å². The van der Waals surface area contributed by atoms with Crippen molar-refractivity contribution in [2.24, 2.45) is 5.41 Å². The molecule has 0 saturated heterocycles. The summed E-state index contributed by atoms with van der Waals surface area (Å²) in [6.45, 7) is 5.22. The Balaban J connectivity index is 2.78. The predicted molar refractivity (Wildman–Crippen MR) is 64.4 cm³/mol. The molecule has 2 nitrogen and oxygen atoms in total. The van der Waals surface area contributed by atoms with Gasteiger partial charge in [-0.3, -0.25) is 0 Å². The highest BCUT2D eigenvalue weighted by Gasteiger charge is 2.18. The van der Waals surface area contributed by atoms with Crippen molar-refractivity contribution < 1.29 is 9.13 Å². The van der Waals surface area contributed by atoms with E-state index >= 15 is 0 Å². The lowest BCUT2D eigenvalue weighted by Crippen LogP contribution is -2.28. The van der Waals surface area contributed by atoms with E-state index < -0.39 is 0 Å². The number of ether oxygens (including phenoxy) is 1. The average molecular weight is 225 g/mol. The summed E-state index contributed by atoms with van der Waals surface area (Å²) in [7, 11) is 3.40. The number of halogens is 1. The van der Waals surface area contributed by atoms with Gasteiger partial charge in [-0.2, -0.15) is 0 Å². The van der Waals surface area contributed by atoms with Crippen molar-refractivity contribution in [3.63, 3.8) is 0 Å². The molecule has 0 bridgehead atoms. The number of benzene rings is 1. The summed E-state index contributed by atoms with van der Waals surface area (Å²) in [6, 6.07) is 5.15. The first kappa shape index (κ1) is 13.0. The Bertz CT molecular complexity index is 350. The van der Waals surface area contributed by atoms with Crippen LogP contribution < -0.4 is 10.1 Å². The summed E-state index contributed by atoms with van der Waals surface area (Å²) in [5, 5.41) is 3.15. The Hall–Kier alpha value is -1.09. The molecule has 0 spiro atoms. The van der Waals surface area contributed by atoms with Crippen LogP contribution in [0.1, 0.15) is 19.4 Å². The van der Waals surface area contributed by atoms with E-state index in [1.54, 1.807) is 12.1 Å². The zero-order valence-corrected chi connectivity index (χ0v) is 10.4. The molecule has 90 valence electrons. The predicted octanol–water partition coefficient (Wildman–Crippen LogP) is 2.62. The molecule has 16 heavy (non-hydrogen) atoms.